The maximum Gasteiger partial charge on any atom is 0.308 e. The lowest BCUT2D eigenvalue weighted by molar-refractivity contribution is -0.147. The highest BCUT2D eigenvalue weighted by atomic mass is 79.9. The Kier molecular flexibility index (Phi) is 5.89. The molecule has 1 heterocycles. The number of esters is 1. The number of carbonyl (C=O) groups is 4. The normalized spacial score (nSPS) is 12.7. The van der Waals surface area contributed by atoms with Gasteiger partial charge in [-0.3, -0.25) is 24.1 Å². The number of fused-ring (bicyclic) bond motifs is 1. The molecular formula is C20H17BrN2O5. The first kappa shape index (κ1) is 19.8. The van der Waals surface area contributed by atoms with Gasteiger partial charge in [0.15, 0.2) is 6.61 Å². The van der Waals surface area contributed by atoms with Crippen molar-refractivity contribution < 1.29 is 23.9 Å². The number of halogens is 1. The van der Waals surface area contributed by atoms with E-state index >= 15 is 0 Å². The third-order valence-corrected chi connectivity index (χ3v) is 4.87. The van der Waals surface area contributed by atoms with Crippen molar-refractivity contribution in [3.8, 4) is 0 Å². The van der Waals surface area contributed by atoms with Crippen LogP contribution in [0.25, 0.3) is 0 Å². The van der Waals surface area contributed by atoms with Crippen molar-refractivity contribution in [1.82, 2.24) is 4.90 Å². The second-order valence-corrected chi connectivity index (χ2v) is 7.10. The second kappa shape index (κ2) is 8.35. The lowest BCUT2D eigenvalue weighted by atomic mass is 10.1. The van der Waals surface area contributed by atoms with Crippen molar-refractivity contribution in [2.75, 3.05) is 18.5 Å². The van der Waals surface area contributed by atoms with E-state index in [1.165, 1.54) is 0 Å². The maximum absolute atomic E-state index is 12.4. The Morgan fingerprint density at radius 2 is 1.79 bits per heavy atom. The summed E-state index contributed by atoms with van der Waals surface area (Å²) in [7, 11) is 0. The third kappa shape index (κ3) is 4.28. The van der Waals surface area contributed by atoms with Gasteiger partial charge in [-0.2, -0.15) is 0 Å². The number of aryl methyl sites for hydroxylation is 1. The minimum atomic E-state index is -0.671. The van der Waals surface area contributed by atoms with Crippen LogP contribution in [0.1, 0.15) is 32.7 Å². The summed E-state index contributed by atoms with van der Waals surface area (Å²) in [5.41, 5.74) is 2.10. The maximum atomic E-state index is 12.4. The Balaban J connectivity index is 1.48. The van der Waals surface area contributed by atoms with Crippen LogP contribution in [0.2, 0.25) is 0 Å². The van der Waals surface area contributed by atoms with E-state index in [0.29, 0.717) is 21.3 Å². The molecule has 3 rings (SSSR count). The number of hydrogen-bond donors (Lipinski definition) is 1. The summed E-state index contributed by atoms with van der Waals surface area (Å²) in [6.45, 7) is 1.27. The summed E-state index contributed by atoms with van der Waals surface area (Å²) in [5.74, 6) is -2.02. The van der Waals surface area contributed by atoms with Crippen LogP contribution in [-0.4, -0.2) is 41.7 Å². The highest BCUT2D eigenvalue weighted by Crippen LogP contribution is 2.24. The average molecular weight is 445 g/mol. The number of nitrogens with one attached hydrogen (secondary N) is 1. The predicted molar refractivity (Wildman–Crippen MR) is 105 cm³/mol. The molecule has 3 amide bonds. The van der Waals surface area contributed by atoms with E-state index in [1.54, 1.807) is 42.5 Å². The number of para-hydroxylation sites is 1. The van der Waals surface area contributed by atoms with E-state index in [-0.39, 0.29) is 13.0 Å². The number of nitrogens with zero attached hydrogens (tertiary/aromatic N) is 1. The molecule has 1 N–H and O–H groups in total. The molecule has 0 atom stereocenters. The average Bonchev–Trinajstić information content (AvgIpc) is 2.90. The van der Waals surface area contributed by atoms with Gasteiger partial charge in [0.1, 0.15) is 0 Å². The van der Waals surface area contributed by atoms with Crippen molar-refractivity contribution in [2.45, 2.75) is 13.3 Å². The van der Waals surface area contributed by atoms with E-state index in [0.717, 1.165) is 10.5 Å². The van der Waals surface area contributed by atoms with Crippen LogP contribution in [0.15, 0.2) is 46.9 Å². The van der Waals surface area contributed by atoms with Gasteiger partial charge >= 0.3 is 5.97 Å². The van der Waals surface area contributed by atoms with Crippen molar-refractivity contribution in [3.05, 3.63) is 63.6 Å². The number of carbonyl (C=O) groups excluding carboxylic acids is 4. The van der Waals surface area contributed by atoms with Crippen molar-refractivity contribution in [3.63, 3.8) is 0 Å². The first-order valence-corrected chi connectivity index (χ1v) is 9.33. The lowest BCUT2D eigenvalue weighted by Gasteiger charge is -2.13. The summed E-state index contributed by atoms with van der Waals surface area (Å²) < 4.78 is 5.63. The second-order valence-electron chi connectivity index (χ2n) is 6.25. The molecule has 28 heavy (non-hydrogen) atoms. The van der Waals surface area contributed by atoms with Crippen LogP contribution in [-0.2, 0) is 14.3 Å². The fraction of sp³-hybridized carbons (Fsp3) is 0.200. The molecule has 144 valence electrons. The fourth-order valence-corrected chi connectivity index (χ4v) is 3.16. The van der Waals surface area contributed by atoms with Gasteiger partial charge < -0.3 is 10.1 Å². The topological polar surface area (TPSA) is 92.8 Å². The van der Waals surface area contributed by atoms with Crippen LogP contribution in [0.3, 0.4) is 0 Å². The standard InChI is InChI=1S/C20H17BrN2O5/c1-12-6-7-13-14(10-12)20(27)23(19(13)26)9-8-18(25)28-11-17(24)22-16-5-3-2-4-15(16)21/h2-7,10H,8-9,11H2,1H3,(H,22,24). The molecule has 0 bridgehead atoms. The first-order chi connectivity index (χ1) is 13.4. The SMILES string of the molecule is Cc1ccc2c(c1)C(=O)N(CCC(=O)OCC(=O)Nc1ccccc1Br)C2=O. The number of hydrogen-bond acceptors (Lipinski definition) is 5. The van der Waals surface area contributed by atoms with Crippen LogP contribution in [0, 0.1) is 6.92 Å². The zero-order valence-corrected chi connectivity index (χ0v) is 16.6. The summed E-state index contributed by atoms with van der Waals surface area (Å²) in [6.07, 6.45) is -0.188. The molecule has 0 saturated heterocycles. The van der Waals surface area contributed by atoms with Gasteiger partial charge in [0, 0.05) is 11.0 Å². The van der Waals surface area contributed by atoms with Crippen molar-refractivity contribution >= 4 is 45.3 Å². The summed E-state index contributed by atoms with van der Waals surface area (Å²) >= 11 is 3.30. The number of rotatable bonds is 6. The smallest absolute Gasteiger partial charge is 0.308 e. The van der Waals surface area contributed by atoms with Crippen LogP contribution in [0.5, 0.6) is 0 Å². The van der Waals surface area contributed by atoms with E-state index in [2.05, 4.69) is 21.2 Å². The molecule has 0 saturated carbocycles. The molecule has 0 unspecified atom stereocenters. The molecule has 2 aromatic carbocycles. The number of ether oxygens (including phenoxy) is 1. The Morgan fingerprint density at radius 1 is 1.07 bits per heavy atom. The number of amides is 3. The summed E-state index contributed by atoms with van der Waals surface area (Å²) in [4.78, 5) is 49.5. The largest absolute Gasteiger partial charge is 0.456 e. The number of imide groups is 1. The molecule has 8 heteroatoms. The van der Waals surface area contributed by atoms with Crippen molar-refractivity contribution in [2.24, 2.45) is 0 Å². The van der Waals surface area contributed by atoms with Gasteiger partial charge in [0.2, 0.25) is 0 Å². The summed E-state index contributed by atoms with van der Waals surface area (Å²) in [6, 6.07) is 12.1. The Morgan fingerprint density at radius 3 is 2.54 bits per heavy atom. The first-order valence-electron chi connectivity index (χ1n) is 8.53. The third-order valence-electron chi connectivity index (χ3n) is 4.18. The van der Waals surface area contributed by atoms with Gasteiger partial charge in [-0.05, 0) is 47.1 Å². The quantitative estimate of drug-likeness (QED) is 0.545. The summed E-state index contributed by atoms with van der Waals surface area (Å²) in [5, 5.41) is 2.61. The van der Waals surface area contributed by atoms with Gasteiger partial charge in [0.05, 0.1) is 23.2 Å². The zero-order chi connectivity index (χ0) is 20.3. The van der Waals surface area contributed by atoms with Crippen LogP contribution >= 0.6 is 15.9 Å². The molecule has 7 nitrogen and oxygen atoms in total. The Labute approximate surface area is 169 Å². The van der Waals surface area contributed by atoms with Crippen LogP contribution in [0.4, 0.5) is 5.69 Å². The number of benzene rings is 2. The molecule has 2 aromatic rings. The molecule has 0 aromatic heterocycles. The van der Waals surface area contributed by atoms with E-state index < -0.39 is 30.3 Å². The zero-order valence-electron chi connectivity index (χ0n) is 15.0. The van der Waals surface area contributed by atoms with Gasteiger partial charge in [-0.15, -0.1) is 0 Å². The Hall–Kier alpha value is -3.00. The molecule has 0 spiro atoms. The van der Waals surface area contributed by atoms with Gasteiger partial charge in [-0.1, -0.05) is 23.8 Å². The monoisotopic (exact) mass is 444 g/mol. The Bertz CT molecular complexity index is 973. The van der Waals surface area contributed by atoms with Gasteiger partial charge in [0.25, 0.3) is 17.7 Å². The number of anilines is 1. The molecule has 0 fully saturated rings. The minimum Gasteiger partial charge on any atom is -0.456 e. The van der Waals surface area contributed by atoms with E-state index in [1.807, 2.05) is 6.92 Å². The highest BCUT2D eigenvalue weighted by Gasteiger charge is 2.35. The van der Waals surface area contributed by atoms with Crippen LogP contribution < -0.4 is 5.32 Å². The fourth-order valence-electron chi connectivity index (χ4n) is 2.78. The van der Waals surface area contributed by atoms with Crippen molar-refractivity contribution in [1.29, 1.82) is 0 Å². The molecule has 1 aliphatic rings. The lowest BCUT2D eigenvalue weighted by Crippen LogP contribution is -2.32. The van der Waals surface area contributed by atoms with E-state index in [4.69, 9.17) is 4.74 Å². The molecule has 0 aliphatic carbocycles. The minimum absolute atomic E-state index is 0.101. The highest BCUT2D eigenvalue weighted by molar-refractivity contribution is 9.10. The molecule has 0 radical (unpaired) electrons. The van der Waals surface area contributed by atoms with E-state index in [9.17, 15) is 19.2 Å². The predicted octanol–water partition coefficient (Wildman–Crippen LogP) is 2.93. The van der Waals surface area contributed by atoms with Gasteiger partial charge in [-0.25, -0.2) is 0 Å². The molecule has 1 aliphatic heterocycles. The molecular weight excluding hydrogens is 428 g/mol.